The van der Waals surface area contributed by atoms with Crippen LogP contribution in [0.2, 0.25) is 4.66 Å². The van der Waals surface area contributed by atoms with Gasteiger partial charge in [0, 0.05) is 39.6 Å². The zero-order chi connectivity index (χ0) is 26.5. The van der Waals surface area contributed by atoms with Gasteiger partial charge >= 0.3 is 17.6 Å². The highest BCUT2D eigenvalue weighted by atomic mass is 28.5. The molecular formula is C27H60O6Si2. The molecule has 0 aromatic rings. The van der Waals surface area contributed by atoms with Crippen LogP contribution in [0.15, 0.2) is 0 Å². The van der Waals surface area contributed by atoms with E-state index in [0.717, 1.165) is 77.0 Å². The summed E-state index contributed by atoms with van der Waals surface area (Å²) in [6, 6.07) is 0. The first-order valence-electron chi connectivity index (χ1n) is 14.7. The molecule has 0 heterocycles. The summed E-state index contributed by atoms with van der Waals surface area (Å²) in [5.41, 5.74) is 0. The molecular weight excluding hydrogens is 476 g/mol. The van der Waals surface area contributed by atoms with Crippen LogP contribution in [-0.4, -0.2) is 57.3 Å². The smallest absolute Gasteiger partial charge is 0.373 e. The Hall–Kier alpha value is 0.194. The molecule has 0 aromatic heterocycles. The average Bonchev–Trinajstić information content (AvgIpc) is 2.84. The summed E-state index contributed by atoms with van der Waals surface area (Å²) in [5.74, 6) is 0. The van der Waals surface area contributed by atoms with Crippen molar-refractivity contribution < 1.29 is 26.6 Å². The molecule has 8 heteroatoms. The molecule has 6 nitrogen and oxygen atoms in total. The van der Waals surface area contributed by atoms with E-state index in [9.17, 15) is 0 Å². The minimum absolute atomic E-state index is 0.619. The first-order chi connectivity index (χ1) is 16.9. The van der Waals surface area contributed by atoms with Gasteiger partial charge in [0.2, 0.25) is 0 Å². The maximum absolute atomic E-state index is 6.74. The van der Waals surface area contributed by atoms with E-state index in [1.54, 1.807) is 0 Å². The Kier molecular flexibility index (Phi) is 21.3. The van der Waals surface area contributed by atoms with Gasteiger partial charge in [0.05, 0.1) is 0 Å². The van der Waals surface area contributed by atoms with Crippen molar-refractivity contribution in [1.82, 2.24) is 0 Å². The summed E-state index contributed by atoms with van der Waals surface area (Å²) in [4.78, 5) is 0. The minimum Gasteiger partial charge on any atom is -0.373 e. The van der Waals surface area contributed by atoms with Crippen LogP contribution in [0.4, 0.5) is 0 Å². The van der Waals surface area contributed by atoms with Crippen LogP contribution in [0, 0.1) is 0 Å². The van der Waals surface area contributed by atoms with E-state index >= 15 is 0 Å². The number of rotatable bonds is 26. The van der Waals surface area contributed by atoms with Crippen molar-refractivity contribution in [3.8, 4) is 0 Å². The van der Waals surface area contributed by atoms with Crippen LogP contribution < -0.4 is 0 Å². The Labute approximate surface area is 220 Å². The molecule has 0 saturated carbocycles. The maximum Gasteiger partial charge on any atom is 0.511 e. The van der Waals surface area contributed by atoms with E-state index in [1.165, 1.54) is 0 Å². The lowest BCUT2D eigenvalue weighted by atomic mass is 10.4. The number of unbranched alkanes of at least 4 members (excludes halogenated alkanes) is 6. The summed E-state index contributed by atoms with van der Waals surface area (Å²) < 4.78 is 39.8. The standard InChI is InChI=1S/C27H60O6Si2/c1-9-15-21-28-34(29-22-16-10-2,30-23-17-11-3)27(7,8)35(31-24-18-12-4,32-25-19-13-5)33-26-20-14-6/h9-26H2,1-8H3. The van der Waals surface area contributed by atoms with Crippen LogP contribution in [0.25, 0.3) is 0 Å². The molecule has 212 valence electrons. The fourth-order valence-corrected chi connectivity index (χ4v) is 11.6. The second kappa shape index (κ2) is 21.2. The lowest BCUT2D eigenvalue weighted by Gasteiger charge is -2.48. The zero-order valence-electron chi connectivity index (χ0n) is 24.7. The van der Waals surface area contributed by atoms with Crippen molar-refractivity contribution in [2.24, 2.45) is 0 Å². The second-order valence-electron chi connectivity index (χ2n) is 9.95. The van der Waals surface area contributed by atoms with Gasteiger partial charge in [-0.25, -0.2) is 0 Å². The lowest BCUT2D eigenvalue weighted by Crippen LogP contribution is -2.69. The molecule has 0 atom stereocenters. The highest BCUT2D eigenvalue weighted by molar-refractivity contribution is 6.85. The Morgan fingerprint density at radius 2 is 0.543 bits per heavy atom. The molecule has 0 aliphatic rings. The fraction of sp³-hybridized carbons (Fsp3) is 1.00. The predicted molar refractivity (Wildman–Crippen MR) is 151 cm³/mol. The summed E-state index contributed by atoms with van der Waals surface area (Å²) in [6.07, 6.45) is 12.2. The molecule has 0 radical (unpaired) electrons. The molecule has 0 aromatic carbocycles. The average molecular weight is 537 g/mol. The molecule has 0 N–H and O–H groups in total. The monoisotopic (exact) mass is 536 g/mol. The van der Waals surface area contributed by atoms with Crippen LogP contribution >= 0.6 is 0 Å². The second-order valence-corrected chi connectivity index (χ2v) is 16.9. The number of hydrogen-bond acceptors (Lipinski definition) is 6. The first kappa shape index (κ1) is 35.2. The van der Waals surface area contributed by atoms with Crippen molar-refractivity contribution in [3.63, 3.8) is 0 Å². The SMILES string of the molecule is CCCCO[Si](OCCCC)(OCCCC)C(C)(C)[Si](OCCCC)(OCCCC)OCCCC. The van der Waals surface area contributed by atoms with Crippen LogP contribution in [0.3, 0.4) is 0 Å². The van der Waals surface area contributed by atoms with E-state index in [4.69, 9.17) is 26.6 Å². The summed E-state index contributed by atoms with van der Waals surface area (Å²) in [6.45, 7) is 21.2. The molecule has 0 saturated heterocycles. The fourth-order valence-electron chi connectivity index (χ4n) is 3.63. The lowest BCUT2D eigenvalue weighted by molar-refractivity contribution is 0.00460. The Morgan fingerprint density at radius 1 is 0.371 bits per heavy atom. The van der Waals surface area contributed by atoms with Crippen LogP contribution in [0.1, 0.15) is 132 Å². The zero-order valence-corrected chi connectivity index (χ0v) is 26.7. The van der Waals surface area contributed by atoms with E-state index in [0.29, 0.717) is 39.6 Å². The Morgan fingerprint density at radius 3 is 0.686 bits per heavy atom. The molecule has 0 aliphatic heterocycles. The molecule has 0 rings (SSSR count). The summed E-state index contributed by atoms with van der Waals surface area (Å²) in [5, 5.41) is 0. The maximum atomic E-state index is 6.74. The van der Waals surface area contributed by atoms with Gasteiger partial charge < -0.3 is 26.6 Å². The van der Waals surface area contributed by atoms with Gasteiger partial charge in [0.25, 0.3) is 0 Å². The highest BCUT2D eigenvalue weighted by Gasteiger charge is 2.72. The molecule has 0 unspecified atom stereocenters. The summed E-state index contributed by atoms with van der Waals surface area (Å²) in [7, 11) is -6.53. The predicted octanol–water partition coefficient (Wildman–Crippen LogP) is 8.08. The van der Waals surface area contributed by atoms with E-state index in [-0.39, 0.29) is 0 Å². The van der Waals surface area contributed by atoms with Crippen molar-refractivity contribution in [3.05, 3.63) is 0 Å². The van der Waals surface area contributed by atoms with Gasteiger partial charge in [-0.1, -0.05) is 93.9 Å². The Balaban J connectivity index is 6.51. The van der Waals surface area contributed by atoms with E-state index < -0.39 is 22.3 Å². The van der Waals surface area contributed by atoms with Gasteiger partial charge in [-0.05, 0) is 38.5 Å². The van der Waals surface area contributed by atoms with E-state index in [1.807, 2.05) is 0 Å². The topological polar surface area (TPSA) is 55.4 Å². The van der Waals surface area contributed by atoms with Gasteiger partial charge in [-0.2, -0.15) is 0 Å². The van der Waals surface area contributed by atoms with Crippen LogP contribution in [0.5, 0.6) is 0 Å². The largest absolute Gasteiger partial charge is 0.511 e. The van der Waals surface area contributed by atoms with Crippen molar-refractivity contribution in [1.29, 1.82) is 0 Å². The van der Waals surface area contributed by atoms with E-state index in [2.05, 4.69) is 55.4 Å². The van der Waals surface area contributed by atoms with Gasteiger partial charge in [0.15, 0.2) is 0 Å². The summed E-state index contributed by atoms with van der Waals surface area (Å²) >= 11 is 0. The van der Waals surface area contributed by atoms with Crippen molar-refractivity contribution >= 4 is 17.6 Å². The quantitative estimate of drug-likeness (QED) is 0.0822. The van der Waals surface area contributed by atoms with Crippen LogP contribution in [-0.2, 0) is 26.6 Å². The third kappa shape index (κ3) is 12.1. The van der Waals surface area contributed by atoms with Crippen molar-refractivity contribution in [2.45, 2.75) is 137 Å². The first-order valence-corrected chi connectivity index (χ1v) is 18.1. The molecule has 0 bridgehead atoms. The van der Waals surface area contributed by atoms with Gasteiger partial charge in [-0.15, -0.1) is 0 Å². The number of hydrogen-bond donors (Lipinski definition) is 0. The van der Waals surface area contributed by atoms with Crippen molar-refractivity contribution in [2.75, 3.05) is 39.6 Å². The normalized spacial score (nSPS) is 13.0. The molecule has 0 aliphatic carbocycles. The third-order valence-electron chi connectivity index (χ3n) is 6.27. The third-order valence-corrected chi connectivity index (χ3v) is 14.7. The molecule has 0 fully saturated rings. The molecule has 0 amide bonds. The molecule has 35 heavy (non-hydrogen) atoms. The Bertz CT molecular complexity index is 386. The minimum atomic E-state index is -3.26. The highest BCUT2D eigenvalue weighted by Crippen LogP contribution is 2.49. The van der Waals surface area contributed by atoms with Gasteiger partial charge in [0.1, 0.15) is 4.66 Å². The molecule has 0 spiro atoms. The van der Waals surface area contributed by atoms with Gasteiger partial charge in [-0.3, -0.25) is 0 Å².